The SMILES string of the molecule is COC(=O)c1ccc(C2N(O)[C@@H]3CCCC[C@@H]3N2O)cc1. The number of fused-ring (bicyclic) bond motifs is 1. The van der Waals surface area contributed by atoms with Gasteiger partial charge in [-0.15, -0.1) is 0 Å². The molecule has 2 aliphatic rings. The minimum atomic E-state index is -0.579. The van der Waals surface area contributed by atoms with E-state index in [1.807, 2.05) is 0 Å². The number of carbonyl (C=O) groups excluding carboxylic acids is 1. The molecule has 1 unspecified atom stereocenters. The first-order chi connectivity index (χ1) is 10.1. The van der Waals surface area contributed by atoms with E-state index in [9.17, 15) is 15.2 Å². The minimum Gasteiger partial charge on any atom is -0.465 e. The average Bonchev–Trinajstić information content (AvgIpc) is 2.79. The summed E-state index contributed by atoms with van der Waals surface area (Å²) in [5.41, 5.74) is 1.20. The molecule has 1 aliphatic carbocycles. The Morgan fingerprint density at radius 1 is 1.10 bits per heavy atom. The lowest BCUT2D eigenvalue weighted by atomic mass is 9.91. The Bertz CT molecular complexity index is 501. The Morgan fingerprint density at radius 3 is 2.10 bits per heavy atom. The van der Waals surface area contributed by atoms with Gasteiger partial charge in [0.25, 0.3) is 0 Å². The molecule has 0 amide bonds. The maximum Gasteiger partial charge on any atom is 0.337 e. The fourth-order valence-electron chi connectivity index (χ4n) is 3.41. The van der Waals surface area contributed by atoms with Crippen molar-refractivity contribution in [3.63, 3.8) is 0 Å². The molecule has 3 atom stereocenters. The maximum absolute atomic E-state index is 11.4. The maximum atomic E-state index is 11.4. The van der Waals surface area contributed by atoms with Gasteiger partial charge in [0.15, 0.2) is 0 Å². The summed E-state index contributed by atoms with van der Waals surface area (Å²) in [5.74, 6) is -0.400. The molecule has 6 heteroatoms. The number of ether oxygens (including phenoxy) is 1. The number of hydrogen-bond donors (Lipinski definition) is 2. The minimum absolute atomic E-state index is 0.0333. The number of hydroxylamine groups is 4. The van der Waals surface area contributed by atoms with E-state index < -0.39 is 12.1 Å². The standard InChI is InChI=1S/C15H20N2O4/c1-21-15(18)11-8-6-10(7-9-11)14-16(19)12-4-2-3-5-13(12)17(14)20/h6-9,12-14,19-20H,2-5H2,1H3/t12-,13+,14?. The van der Waals surface area contributed by atoms with Gasteiger partial charge >= 0.3 is 5.97 Å². The molecule has 1 aromatic rings. The fourth-order valence-corrected chi connectivity index (χ4v) is 3.41. The quantitative estimate of drug-likeness (QED) is 0.814. The van der Waals surface area contributed by atoms with Crippen LogP contribution in [0, 0.1) is 0 Å². The van der Waals surface area contributed by atoms with Crippen molar-refractivity contribution in [1.82, 2.24) is 10.1 Å². The van der Waals surface area contributed by atoms with Crippen LogP contribution >= 0.6 is 0 Å². The summed E-state index contributed by atoms with van der Waals surface area (Å²) in [4.78, 5) is 11.4. The average molecular weight is 292 g/mol. The second-order valence-corrected chi connectivity index (χ2v) is 5.67. The van der Waals surface area contributed by atoms with Crippen LogP contribution in [0.25, 0.3) is 0 Å². The third-order valence-electron chi connectivity index (χ3n) is 4.50. The molecule has 2 N–H and O–H groups in total. The lowest BCUT2D eigenvalue weighted by Gasteiger charge is -2.27. The van der Waals surface area contributed by atoms with E-state index >= 15 is 0 Å². The summed E-state index contributed by atoms with van der Waals surface area (Å²) in [6.07, 6.45) is 3.33. The first-order valence-corrected chi connectivity index (χ1v) is 7.26. The summed E-state index contributed by atoms with van der Waals surface area (Å²) in [6.45, 7) is 0. The topological polar surface area (TPSA) is 73.2 Å². The van der Waals surface area contributed by atoms with Gasteiger partial charge in [-0.05, 0) is 30.5 Å². The summed E-state index contributed by atoms with van der Waals surface area (Å²) in [6, 6.07) is 6.69. The molecule has 1 aromatic carbocycles. The zero-order valence-electron chi connectivity index (χ0n) is 12.0. The smallest absolute Gasteiger partial charge is 0.337 e. The molecule has 6 nitrogen and oxygen atoms in total. The molecule has 21 heavy (non-hydrogen) atoms. The Morgan fingerprint density at radius 2 is 1.62 bits per heavy atom. The zero-order valence-corrected chi connectivity index (χ0v) is 12.0. The molecule has 0 radical (unpaired) electrons. The van der Waals surface area contributed by atoms with Crippen LogP contribution in [-0.4, -0.2) is 45.7 Å². The Labute approximate surface area is 123 Å². The third-order valence-corrected chi connectivity index (χ3v) is 4.50. The van der Waals surface area contributed by atoms with Crippen LogP contribution in [0.1, 0.15) is 47.8 Å². The van der Waals surface area contributed by atoms with Crippen molar-refractivity contribution in [3.8, 4) is 0 Å². The number of carbonyl (C=O) groups is 1. The lowest BCUT2D eigenvalue weighted by Crippen LogP contribution is -2.37. The number of esters is 1. The molecule has 1 aliphatic heterocycles. The molecular weight excluding hydrogens is 272 g/mol. The largest absolute Gasteiger partial charge is 0.465 e. The monoisotopic (exact) mass is 292 g/mol. The fraction of sp³-hybridized carbons (Fsp3) is 0.533. The molecule has 1 heterocycles. The van der Waals surface area contributed by atoms with Gasteiger partial charge in [0.2, 0.25) is 0 Å². The van der Waals surface area contributed by atoms with Crippen molar-refractivity contribution in [2.24, 2.45) is 0 Å². The van der Waals surface area contributed by atoms with Crippen LogP contribution < -0.4 is 0 Å². The van der Waals surface area contributed by atoms with Crippen LogP contribution in [0.2, 0.25) is 0 Å². The summed E-state index contributed by atoms with van der Waals surface area (Å²) in [5, 5.41) is 23.2. The number of rotatable bonds is 2. The molecule has 0 bridgehead atoms. The molecule has 1 saturated heterocycles. The highest BCUT2D eigenvalue weighted by atomic mass is 16.6. The van der Waals surface area contributed by atoms with Gasteiger partial charge in [0, 0.05) is 0 Å². The van der Waals surface area contributed by atoms with E-state index in [-0.39, 0.29) is 12.1 Å². The van der Waals surface area contributed by atoms with E-state index in [0.717, 1.165) is 31.2 Å². The summed E-state index contributed by atoms with van der Waals surface area (Å²) >= 11 is 0. The van der Waals surface area contributed by atoms with E-state index in [0.29, 0.717) is 5.56 Å². The van der Waals surface area contributed by atoms with Crippen LogP contribution in [0.5, 0.6) is 0 Å². The van der Waals surface area contributed by atoms with E-state index in [1.54, 1.807) is 24.3 Å². The van der Waals surface area contributed by atoms with Gasteiger partial charge in [-0.1, -0.05) is 25.0 Å². The van der Waals surface area contributed by atoms with Crippen molar-refractivity contribution >= 4 is 5.97 Å². The Balaban J connectivity index is 1.84. The summed E-state index contributed by atoms with van der Waals surface area (Å²) in [7, 11) is 1.34. The Kier molecular flexibility index (Phi) is 3.95. The van der Waals surface area contributed by atoms with Crippen LogP contribution in [0.3, 0.4) is 0 Å². The lowest BCUT2D eigenvalue weighted by molar-refractivity contribution is -0.211. The zero-order chi connectivity index (χ0) is 15.0. The van der Waals surface area contributed by atoms with Gasteiger partial charge in [-0.25, -0.2) is 4.79 Å². The second kappa shape index (κ2) is 5.73. The predicted molar refractivity (Wildman–Crippen MR) is 73.8 cm³/mol. The number of benzene rings is 1. The van der Waals surface area contributed by atoms with Crippen LogP contribution in [-0.2, 0) is 4.74 Å². The first-order valence-electron chi connectivity index (χ1n) is 7.26. The van der Waals surface area contributed by atoms with Gasteiger partial charge in [0.05, 0.1) is 24.8 Å². The van der Waals surface area contributed by atoms with Gasteiger partial charge in [-0.3, -0.25) is 0 Å². The number of nitrogens with zero attached hydrogens (tertiary/aromatic N) is 2. The van der Waals surface area contributed by atoms with E-state index in [4.69, 9.17) is 0 Å². The van der Waals surface area contributed by atoms with Crippen molar-refractivity contribution in [2.45, 2.75) is 43.9 Å². The highest BCUT2D eigenvalue weighted by molar-refractivity contribution is 5.89. The number of methoxy groups -OCH3 is 1. The first kappa shape index (κ1) is 14.5. The van der Waals surface area contributed by atoms with E-state index in [1.165, 1.54) is 17.2 Å². The number of hydrogen-bond acceptors (Lipinski definition) is 6. The molecule has 2 fully saturated rings. The van der Waals surface area contributed by atoms with Crippen molar-refractivity contribution < 1.29 is 19.9 Å². The van der Waals surface area contributed by atoms with Crippen molar-refractivity contribution in [1.29, 1.82) is 0 Å². The normalized spacial score (nSPS) is 30.1. The Hall–Kier alpha value is -1.47. The van der Waals surface area contributed by atoms with E-state index in [2.05, 4.69) is 4.74 Å². The summed E-state index contributed by atoms with van der Waals surface area (Å²) < 4.78 is 4.66. The molecule has 0 aromatic heterocycles. The molecule has 114 valence electrons. The molecular formula is C15H20N2O4. The predicted octanol–water partition coefficient (Wildman–Crippen LogP) is 2.18. The molecule has 3 rings (SSSR count). The molecule has 0 spiro atoms. The second-order valence-electron chi connectivity index (χ2n) is 5.67. The van der Waals surface area contributed by atoms with Crippen LogP contribution in [0.15, 0.2) is 24.3 Å². The highest BCUT2D eigenvalue weighted by Crippen LogP contribution is 2.40. The molecule has 1 saturated carbocycles. The van der Waals surface area contributed by atoms with Gasteiger partial charge < -0.3 is 15.2 Å². The van der Waals surface area contributed by atoms with Gasteiger partial charge in [0.1, 0.15) is 6.17 Å². The highest BCUT2D eigenvalue weighted by Gasteiger charge is 2.47. The third kappa shape index (κ3) is 2.44. The van der Waals surface area contributed by atoms with Crippen LogP contribution in [0.4, 0.5) is 0 Å². The van der Waals surface area contributed by atoms with Crippen molar-refractivity contribution in [2.75, 3.05) is 7.11 Å². The van der Waals surface area contributed by atoms with Crippen molar-refractivity contribution in [3.05, 3.63) is 35.4 Å². The van der Waals surface area contributed by atoms with Gasteiger partial charge in [-0.2, -0.15) is 10.1 Å².